The number of ether oxygens (including phenoxy) is 1. The Hall–Kier alpha value is -1.95. The number of rotatable bonds is 3. The lowest BCUT2D eigenvalue weighted by Crippen LogP contribution is -2.04. The van der Waals surface area contributed by atoms with E-state index in [0.717, 1.165) is 0 Å². The van der Waals surface area contributed by atoms with Crippen LogP contribution in [0.25, 0.3) is 11.4 Å². The lowest BCUT2D eigenvalue weighted by Gasteiger charge is -1.96. The fourth-order valence-corrected chi connectivity index (χ4v) is 1.43. The summed E-state index contributed by atoms with van der Waals surface area (Å²) in [6.45, 7) is 1.87. The summed E-state index contributed by atoms with van der Waals surface area (Å²) < 4.78 is 22.4. The van der Waals surface area contributed by atoms with Crippen LogP contribution in [0.5, 0.6) is 0 Å². The van der Waals surface area contributed by atoms with Crippen molar-refractivity contribution in [1.29, 1.82) is 0 Å². The van der Waals surface area contributed by atoms with Crippen molar-refractivity contribution < 1.29 is 18.4 Å². The topological polar surface area (TPSA) is 65.2 Å². The molecule has 1 aromatic heterocycles. The zero-order valence-electron chi connectivity index (χ0n) is 9.31. The number of carbonyl (C=O) groups is 1. The van der Waals surface area contributed by atoms with Gasteiger partial charge in [-0.3, -0.25) is 0 Å². The summed E-state index contributed by atoms with van der Waals surface area (Å²) in [6.07, 6.45) is 0. The van der Waals surface area contributed by atoms with E-state index in [2.05, 4.69) is 10.1 Å². The molecule has 0 saturated carbocycles. The summed E-state index contributed by atoms with van der Waals surface area (Å²) in [5.74, 6) is -1.37. The molecular formula is C11H8ClFN2O3. The van der Waals surface area contributed by atoms with Crippen molar-refractivity contribution in [3.63, 3.8) is 0 Å². The molecule has 1 aromatic carbocycles. The molecule has 0 amide bonds. The van der Waals surface area contributed by atoms with E-state index < -0.39 is 11.8 Å². The summed E-state index contributed by atoms with van der Waals surface area (Å²) in [5.41, 5.74) is 0.445. The highest BCUT2D eigenvalue weighted by Gasteiger charge is 2.17. The summed E-state index contributed by atoms with van der Waals surface area (Å²) in [6, 6.07) is 3.95. The lowest BCUT2D eigenvalue weighted by atomic mass is 10.2. The highest BCUT2D eigenvalue weighted by molar-refractivity contribution is 6.31. The molecule has 0 unspecified atom stereocenters. The molecule has 0 spiro atoms. The zero-order valence-corrected chi connectivity index (χ0v) is 10.1. The number of benzene rings is 1. The zero-order chi connectivity index (χ0) is 13.1. The standard InChI is InChI=1S/C11H8ClFN2O3/c1-2-17-11(16)10-14-9(15-18-10)6-3-4-8(13)7(12)5-6/h3-5H,2H2,1H3. The SMILES string of the molecule is CCOC(=O)c1nc(-c2ccc(F)c(Cl)c2)no1. The van der Waals surface area contributed by atoms with Crippen molar-refractivity contribution in [3.05, 3.63) is 34.9 Å². The smallest absolute Gasteiger partial charge is 0.397 e. The van der Waals surface area contributed by atoms with Crippen molar-refractivity contribution >= 4 is 17.6 Å². The van der Waals surface area contributed by atoms with Crippen molar-refractivity contribution in [2.45, 2.75) is 6.92 Å². The molecule has 0 bridgehead atoms. The monoisotopic (exact) mass is 270 g/mol. The van der Waals surface area contributed by atoms with Gasteiger partial charge in [0.25, 0.3) is 0 Å². The molecule has 18 heavy (non-hydrogen) atoms. The Morgan fingerprint density at radius 1 is 1.56 bits per heavy atom. The number of hydrogen-bond acceptors (Lipinski definition) is 5. The Balaban J connectivity index is 2.29. The van der Waals surface area contributed by atoms with E-state index in [0.29, 0.717) is 5.56 Å². The van der Waals surface area contributed by atoms with Gasteiger partial charge in [0, 0.05) is 5.56 Å². The Labute approximate surface area is 107 Å². The fraction of sp³-hybridized carbons (Fsp3) is 0.182. The molecule has 5 nitrogen and oxygen atoms in total. The van der Waals surface area contributed by atoms with Crippen LogP contribution in [0.1, 0.15) is 17.6 Å². The van der Waals surface area contributed by atoms with Crippen LogP contribution in [0.3, 0.4) is 0 Å². The number of halogens is 2. The van der Waals surface area contributed by atoms with Gasteiger partial charge in [-0.05, 0) is 25.1 Å². The maximum atomic E-state index is 13.0. The number of carbonyl (C=O) groups excluding carboxylic acids is 1. The van der Waals surface area contributed by atoms with Crippen molar-refractivity contribution in [1.82, 2.24) is 10.1 Å². The molecule has 2 rings (SSSR count). The second-order valence-electron chi connectivity index (χ2n) is 3.27. The predicted molar refractivity (Wildman–Crippen MR) is 60.7 cm³/mol. The van der Waals surface area contributed by atoms with Crippen LogP contribution in [0.2, 0.25) is 5.02 Å². The molecular weight excluding hydrogens is 263 g/mol. The van der Waals surface area contributed by atoms with Gasteiger partial charge in [0.05, 0.1) is 11.6 Å². The van der Waals surface area contributed by atoms with E-state index in [1.807, 2.05) is 0 Å². The number of aromatic nitrogens is 2. The average Bonchev–Trinajstić information content (AvgIpc) is 2.82. The Bertz CT molecular complexity index is 585. The highest BCUT2D eigenvalue weighted by Crippen LogP contribution is 2.22. The molecule has 0 N–H and O–H groups in total. The van der Waals surface area contributed by atoms with E-state index in [1.165, 1.54) is 18.2 Å². The van der Waals surface area contributed by atoms with Crippen molar-refractivity contribution in [2.24, 2.45) is 0 Å². The van der Waals surface area contributed by atoms with Gasteiger partial charge in [0.1, 0.15) is 5.82 Å². The van der Waals surface area contributed by atoms with E-state index >= 15 is 0 Å². The Morgan fingerprint density at radius 2 is 2.33 bits per heavy atom. The molecule has 94 valence electrons. The van der Waals surface area contributed by atoms with E-state index in [-0.39, 0.29) is 23.3 Å². The second-order valence-corrected chi connectivity index (χ2v) is 3.68. The largest absolute Gasteiger partial charge is 0.459 e. The summed E-state index contributed by atoms with van der Waals surface area (Å²) in [5, 5.41) is 3.53. The summed E-state index contributed by atoms with van der Waals surface area (Å²) in [7, 11) is 0. The minimum atomic E-state index is -0.704. The normalized spacial score (nSPS) is 10.4. The van der Waals surface area contributed by atoms with Gasteiger partial charge in [-0.25, -0.2) is 9.18 Å². The molecule has 7 heteroatoms. The van der Waals surface area contributed by atoms with Gasteiger partial charge in [-0.1, -0.05) is 16.8 Å². The van der Waals surface area contributed by atoms with Crippen LogP contribution in [-0.4, -0.2) is 22.7 Å². The van der Waals surface area contributed by atoms with Gasteiger partial charge >= 0.3 is 11.9 Å². The minimum absolute atomic E-state index is 0.0602. The highest BCUT2D eigenvalue weighted by atomic mass is 35.5. The predicted octanol–water partition coefficient (Wildman–Crippen LogP) is 2.71. The van der Waals surface area contributed by atoms with Gasteiger partial charge in [-0.15, -0.1) is 0 Å². The van der Waals surface area contributed by atoms with Crippen molar-refractivity contribution in [3.8, 4) is 11.4 Å². The third-order valence-electron chi connectivity index (χ3n) is 2.05. The van der Waals surface area contributed by atoms with E-state index in [4.69, 9.17) is 20.9 Å². The summed E-state index contributed by atoms with van der Waals surface area (Å²) >= 11 is 5.63. The lowest BCUT2D eigenvalue weighted by molar-refractivity contribution is 0.0470. The minimum Gasteiger partial charge on any atom is -0.459 e. The first-order valence-corrected chi connectivity index (χ1v) is 5.46. The second kappa shape index (κ2) is 5.14. The third-order valence-corrected chi connectivity index (χ3v) is 2.34. The van der Waals surface area contributed by atoms with Gasteiger partial charge < -0.3 is 9.26 Å². The first kappa shape index (κ1) is 12.5. The quantitative estimate of drug-likeness (QED) is 0.802. The summed E-state index contributed by atoms with van der Waals surface area (Å²) in [4.78, 5) is 15.1. The fourth-order valence-electron chi connectivity index (χ4n) is 1.25. The van der Waals surface area contributed by atoms with Crippen LogP contribution in [0, 0.1) is 5.82 Å². The maximum Gasteiger partial charge on any atom is 0.397 e. The Kier molecular flexibility index (Phi) is 3.57. The van der Waals surface area contributed by atoms with Crippen LogP contribution in [0.4, 0.5) is 4.39 Å². The molecule has 0 atom stereocenters. The van der Waals surface area contributed by atoms with Crippen LogP contribution < -0.4 is 0 Å². The average molecular weight is 271 g/mol. The van der Waals surface area contributed by atoms with E-state index in [9.17, 15) is 9.18 Å². The van der Waals surface area contributed by atoms with E-state index in [1.54, 1.807) is 6.92 Å². The first-order valence-electron chi connectivity index (χ1n) is 5.08. The Morgan fingerprint density at radius 3 is 3.00 bits per heavy atom. The molecule has 0 fully saturated rings. The molecule has 0 aliphatic heterocycles. The molecule has 1 heterocycles. The molecule has 2 aromatic rings. The number of hydrogen-bond donors (Lipinski definition) is 0. The molecule has 0 aliphatic rings. The van der Waals surface area contributed by atoms with Crippen LogP contribution >= 0.6 is 11.6 Å². The van der Waals surface area contributed by atoms with Crippen LogP contribution in [-0.2, 0) is 4.74 Å². The first-order chi connectivity index (χ1) is 8.61. The molecule has 0 aliphatic carbocycles. The number of nitrogens with zero attached hydrogens (tertiary/aromatic N) is 2. The third kappa shape index (κ3) is 2.48. The number of esters is 1. The van der Waals surface area contributed by atoms with Crippen molar-refractivity contribution in [2.75, 3.05) is 6.61 Å². The maximum absolute atomic E-state index is 13.0. The van der Waals surface area contributed by atoms with Gasteiger partial charge in [-0.2, -0.15) is 4.98 Å². The van der Waals surface area contributed by atoms with Gasteiger partial charge in [0.2, 0.25) is 5.82 Å². The molecule has 0 radical (unpaired) electrons. The van der Waals surface area contributed by atoms with Crippen LogP contribution in [0.15, 0.2) is 22.7 Å². The van der Waals surface area contributed by atoms with Gasteiger partial charge in [0.15, 0.2) is 0 Å². The molecule has 0 saturated heterocycles.